The van der Waals surface area contributed by atoms with Gasteiger partial charge in [-0.25, -0.2) is 0 Å². The first-order valence-electron chi connectivity index (χ1n) is 6.95. The summed E-state index contributed by atoms with van der Waals surface area (Å²) in [4.78, 5) is 0. The quantitative estimate of drug-likeness (QED) is 0.415. The van der Waals surface area contributed by atoms with Crippen LogP contribution in [0.1, 0.15) is 38.2 Å². The number of hydrogen-bond acceptors (Lipinski definition) is 0. The SMILES string of the molecule is CCCCCCc1ccc(-c2cc[c-]cc2)cc1.[Li+]. The fourth-order valence-corrected chi connectivity index (χ4v) is 2.20. The summed E-state index contributed by atoms with van der Waals surface area (Å²) in [7, 11) is 0. The van der Waals surface area contributed by atoms with E-state index in [0.29, 0.717) is 0 Å². The molecule has 0 N–H and O–H groups in total. The van der Waals surface area contributed by atoms with Crippen molar-refractivity contribution < 1.29 is 18.9 Å². The Bertz CT molecular complexity index is 445. The van der Waals surface area contributed by atoms with Gasteiger partial charge in [-0.15, -0.1) is 5.56 Å². The maximum atomic E-state index is 3.05. The average Bonchev–Trinajstić information content (AvgIpc) is 2.45. The van der Waals surface area contributed by atoms with Crippen molar-refractivity contribution in [2.24, 2.45) is 0 Å². The fraction of sp³-hybridized carbons (Fsp3) is 0.333. The molecule has 0 aliphatic heterocycles. The molecule has 0 bridgehead atoms. The van der Waals surface area contributed by atoms with E-state index in [1.807, 2.05) is 12.1 Å². The molecule has 0 amide bonds. The second kappa shape index (κ2) is 9.02. The molecular formula is C18H21Li. The van der Waals surface area contributed by atoms with Gasteiger partial charge in [-0.3, -0.25) is 0 Å². The van der Waals surface area contributed by atoms with Gasteiger partial charge < -0.3 is 0 Å². The third-order valence-corrected chi connectivity index (χ3v) is 3.32. The molecule has 0 aliphatic rings. The molecule has 2 aromatic rings. The Labute approximate surface area is 129 Å². The van der Waals surface area contributed by atoms with Crippen molar-refractivity contribution in [1.82, 2.24) is 0 Å². The van der Waals surface area contributed by atoms with E-state index in [4.69, 9.17) is 0 Å². The van der Waals surface area contributed by atoms with Gasteiger partial charge >= 0.3 is 18.9 Å². The van der Waals surface area contributed by atoms with Gasteiger partial charge in [-0.2, -0.15) is 30.3 Å². The zero-order chi connectivity index (χ0) is 12.6. The third-order valence-electron chi connectivity index (χ3n) is 3.32. The van der Waals surface area contributed by atoms with Gasteiger partial charge in [0.2, 0.25) is 0 Å². The molecule has 2 rings (SSSR count). The predicted molar refractivity (Wildman–Crippen MR) is 78.6 cm³/mol. The maximum Gasteiger partial charge on any atom is 1.00 e. The van der Waals surface area contributed by atoms with Crippen molar-refractivity contribution in [3.8, 4) is 11.1 Å². The molecule has 0 radical (unpaired) electrons. The molecule has 1 heteroatoms. The van der Waals surface area contributed by atoms with Crippen molar-refractivity contribution in [3.63, 3.8) is 0 Å². The normalized spacial score (nSPS) is 9.95. The first kappa shape index (κ1) is 16.1. The Morgan fingerprint density at radius 1 is 0.789 bits per heavy atom. The van der Waals surface area contributed by atoms with E-state index >= 15 is 0 Å². The second-order valence-electron chi connectivity index (χ2n) is 4.80. The first-order valence-corrected chi connectivity index (χ1v) is 6.95. The Morgan fingerprint density at radius 2 is 1.42 bits per heavy atom. The summed E-state index contributed by atoms with van der Waals surface area (Å²) in [5, 5.41) is 0. The minimum atomic E-state index is 0. The van der Waals surface area contributed by atoms with E-state index in [9.17, 15) is 0 Å². The van der Waals surface area contributed by atoms with Crippen LogP contribution < -0.4 is 18.9 Å². The molecule has 0 saturated carbocycles. The summed E-state index contributed by atoms with van der Waals surface area (Å²) < 4.78 is 0. The van der Waals surface area contributed by atoms with Crippen LogP contribution in [0.4, 0.5) is 0 Å². The van der Waals surface area contributed by atoms with Gasteiger partial charge in [0.25, 0.3) is 0 Å². The minimum absolute atomic E-state index is 0. The van der Waals surface area contributed by atoms with Crippen molar-refractivity contribution in [3.05, 3.63) is 60.2 Å². The number of hydrogen-bond donors (Lipinski definition) is 0. The Balaban J connectivity index is 0.00000180. The molecule has 19 heavy (non-hydrogen) atoms. The van der Waals surface area contributed by atoms with Crippen LogP contribution in [-0.4, -0.2) is 0 Å². The molecule has 2 aromatic carbocycles. The molecule has 0 unspecified atom stereocenters. The van der Waals surface area contributed by atoms with Gasteiger partial charge in [-0.05, 0) is 24.0 Å². The van der Waals surface area contributed by atoms with E-state index in [-0.39, 0.29) is 18.9 Å². The number of aryl methyl sites for hydroxylation is 1. The minimum Gasteiger partial charge on any atom is -0.184 e. The fourth-order valence-electron chi connectivity index (χ4n) is 2.20. The molecule has 0 atom stereocenters. The molecule has 0 fully saturated rings. The number of rotatable bonds is 6. The van der Waals surface area contributed by atoms with E-state index in [0.717, 1.165) is 0 Å². The first-order chi connectivity index (χ1) is 8.90. The summed E-state index contributed by atoms with van der Waals surface area (Å²) in [5.74, 6) is 0. The average molecular weight is 244 g/mol. The van der Waals surface area contributed by atoms with Gasteiger partial charge in [0, 0.05) is 0 Å². The third kappa shape index (κ3) is 5.27. The molecule has 0 saturated heterocycles. The van der Waals surface area contributed by atoms with Gasteiger partial charge in [0.1, 0.15) is 0 Å². The Kier molecular flexibility index (Phi) is 7.64. The zero-order valence-electron chi connectivity index (χ0n) is 12.2. The smallest absolute Gasteiger partial charge is 0.184 e. The van der Waals surface area contributed by atoms with Crippen molar-refractivity contribution in [2.75, 3.05) is 0 Å². The summed E-state index contributed by atoms with van der Waals surface area (Å²) in [6, 6.07) is 20.2. The van der Waals surface area contributed by atoms with E-state index in [1.54, 1.807) is 0 Å². The van der Waals surface area contributed by atoms with Crippen LogP contribution in [0.5, 0.6) is 0 Å². The Morgan fingerprint density at radius 3 is 2.05 bits per heavy atom. The number of unbranched alkanes of at least 4 members (excludes halogenated alkanes) is 3. The van der Waals surface area contributed by atoms with Crippen LogP contribution in [0.25, 0.3) is 11.1 Å². The van der Waals surface area contributed by atoms with Crippen LogP contribution in [0.3, 0.4) is 0 Å². The van der Waals surface area contributed by atoms with E-state index in [2.05, 4.69) is 49.4 Å². The molecule has 0 nitrogen and oxygen atoms in total. The van der Waals surface area contributed by atoms with Crippen LogP contribution >= 0.6 is 0 Å². The topological polar surface area (TPSA) is 0 Å². The van der Waals surface area contributed by atoms with Crippen molar-refractivity contribution in [2.45, 2.75) is 39.0 Å². The summed E-state index contributed by atoms with van der Waals surface area (Å²) in [5.41, 5.74) is 4.02. The summed E-state index contributed by atoms with van der Waals surface area (Å²) in [6.45, 7) is 2.26. The number of benzene rings is 2. The van der Waals surface area contributed by atoms with E-state index < -0.39 is 0 Å². The van der Waals surface area contributed by atoms with Crippen LogP contribution in [0.2, 0.25) is 0 Å². The molecule has 0 spiro atoms. The maximum absolute atomic E-state index is 3.05. The summed E-state index contributed by atoms with van der Waals surface area (Å²) in [6.07, 6.45) is 6.55. The Hall–Kier alpha value is -0.963. The molecule has 0 aliphatic carbocycles. The van der Waals surface area contributed by atoms with Crippen LogP contribution in [-0.2, 0) is 6.42 Å². The van der Waals surface area contributed by atoms with Crippen molar-refractivity contribution >= 4 is 0 Å². The van der Waals surface area contributed by atoms with Gasteiger partial charge in [-0.1, -0.05) is 50.5 Å². The van der Waals surface area contributed by atoms with Crippen molar-refractivity contribution in [1.29, 1.82) is 0 Å². The van der Waals surface area contributed by atoms with Gasteiger partial charge in [0.15, 0.2) is 0 Å². The van der Waals surface area contributed by atoms with Crippen LogP contribution in [0, 0.1) is 6.07 Å². The largest absolute Gasteiger partial charge is 1.00 e. The molecule has 94 valence electrons. The monoisotopic (exact) mass is 244 g/mol. The van der Waals surface area contributed by atoms with E-state index in [1.165, 1.54) is 48.8 Å². The van der Waals surface area contributed by atoms with Gasteiger partial charge in [0.05, 0.1) is 0 Å². The standard InChI is InChI=1S/C18H21.Li/c1-2-3-4-6-9-16-12-14-18(15-13-16)17-10-7-5-8-11-17;/h7-8,10-15H,2-4,6,9H2,1H3;/q-1;+1. The second-order valence-corrected chi connectivity index (χ2v) is 4.80. The molecular weight excluding hydrogens is 223 g/mol. The zero-order valence-corrected chi connectivity index (χ0v) is 12.2. The summed E-state index contributed by atoms with van der Waals surface area (Å²) >= 11 is 0. The molecule has 0 aromatic heterocycles. The van der Waals surface area contributed by atoms with Crippen LogP contribution in [0.15, 0.2) is 48.5 Å². The molecule has 0 heterocycles. The predicted octanol–water partition coefficient (Wildman–Crippen LogP) is 2.28.